The Bertz CT molecular complexity index is 861. The fourth-order valence-electron chi connectivity index (χ4n) is 2.46. The number of amides is 1. The lowest BCUT2D eigenvalue weighted by Gasteiger charge is -2.16. The van der Waals surface area contributed by atoms with E-state index >= 15 is 0 Å². The van der Waals surface area contributed by atoms with Crippen molar-refractivity contribution in [1.29, 1.82) is 0 Å². The Kier molecular flexibility index (Phi) is 5.25. The van der Waals surface area contributed by atoms with Crippen molar-refractivity contribution >= 4 is 39.3 Å². The van der Waals surface area contributed by atoms with Crippen molar-refractivity contribution in [2.75, 3.05) is 29.9 Å². The van der Waals surface area contributed by atoms with E-state index in [-0.39, 0.29) is 22.5 Å². The van der Waals surface area contributed by atoms with Crippen LogP contribution in [0.25, 0.3) is 0 Å². The van der Waals surface area contributed by atoms with Crippen LogP contribution in [0.5, 0.6) is 0 Å². The number of hydrogen-bond acceptors (Lipinski definition) is 7. The van der Waals surface area contributed by atoms with Gasteiger partial charge in [-0.25, -0.2) is 13.5 Å². The number of nitrogens with zero attached hydrogens (tertiary/aromatic N) is 3. The van der Waals surface area contributed by atoms with E-state index in [1.807, 2.05) is 0 Å². The van der Waals surface area contributed by atoms with Crippen LogP contribution in [0, 0.1) is 0 Å². The number of H-pyrrole nitrogens is 1. The molecule has 1 aliphatic heterocycles. The second kappa shape index (κ2) is 7.42. The van der Waals surface area contributed by atoms with Crippen LogP contribution in [0.4, 0.5) is 11.6 Å². The number of aromatic amines is 1. The van der Waals surface area contributed by atoms with Gasteiger partial charge in [0.15, 0.2) is 0 Å². The molecule has 1 saturated heterocycles. The van der Waals surface area contributed by atoms with E-state index < -0.39 is 10.0 Å². The summed E-state index contributed by atoms with van der Waals surface area (Å²) in [5.41, 5.74) is 5.84. The van der Waals surface area contributed by atoms with Gasteiger partial charge in [-0.2, -0.15) is 9.29 Å². The van der Waals surface area contributed by atoms with E-state index in [9.17, 15) is 13.2 Å². The second-order valence-electron chi connectivity index (χ2n) is 5.48. The molecule has 11 heteroatoms. The highest BCUT2D eigenvalue weighted by molar-refractivity contribution is 7.99. The van der Waals surface area contributed by atoms with Crippen molar-refractivity contribution in [2.45, 2.75) is 22.9 Å². The zero-order chi connectivity index (χ0) is 17.9. The number of sulfonamides is 1. The molecule has 3 rings (SSSR count). The minimum atomic E-state index is -3.51. The molecule has 1 aromatic carbocycles. The average molecular weight is 382 g/mol. The Morgan fingerprint density at radius 2 is 2.12 bits per heavy atom. The predicted octanol–water partition coefficient (Wildman–Crippen LogP) is 0.902. The van der Waals surface area contributed by atoms with E-state index in [4.69, 9.17) is 5.73 Å². The first-order valence-corrected chi connectivity index (χ1v) is 10.1. The SMILES string of the molecule is Nc1nc(SCC(=O)Nc2cccc(S(=O)(=O)N3CCCC3)c2)n[nH]1. The third-order valence-electron chi connectivity index (χ3n) is 3.64. The first-order chi connectivity index (χ1) is 11.9. The van der Waals surface area contributed by atoms with E-state index in [1.165, 1.54) is 16.4 Å². The highest BCUT2D eigenvalue weighted by atomic mass is 32.2. The molecule has 1 aliphatic rings. The summed E-state index contributed by atoms with van der Waals surface area (Å²) in [6.45, 7) is 1.07. The summed E-state index contributed by atoms with van der Waals surface area (Å²) < 4.78 is 26.6. The molecule has 0 atom stereocenters. The third-order valence-corrected chi connectivity index (χ3v) is 6.38. The molecule has 1 fully saturated rings. The summed E-state index contributed by atoms with van der Waals surface area (Å²) in [5.74, 6) is -0.0211. The van der Waals surface area contributed by atoms with E-state index in [1.54, 1.807) is 12.1 Å². The smallest absolute Gasteiger partial charge is 0.243 e. The zero-order valence-electron chi connectivity index (χ0n) is 13.3. The highest BCUT2D eigenvalue weighted by Gasteiger charge is 2.27. The van der Waals surface area contributed by atoms with Crippen molar-refractivity contribution < 1.29 is 13.2 Å². The van der Waals surface area contributed by atoms with Gasteiger partial charge in [0.1, 0.15) is 0 Å². The number of aromatic nitrogens is 3. The van der Waals surface area contributed by atoms with Crippen LogP contribution in [-0.2, 0) is 14.8 Å². The fourth-order valence-corrected chi connectivity index (χ4v) is 4.63. The number of thioether (sulfide) groups is 1. The first kappa shape index (κ1) is 17.7. The predicted molar refractivity (Wildman–Crippen MR) is 94.6 cm³/mol. The van der Waals surface area contributed by atoms with Crippen LogP contribution in [0.3, 0.4) is 0 Å². The summed E-state index contributed by atoms with van der Waals surface area (Å²) >= 11 is 1.13. The molecule has 9 nitrogen and oxygen atoms in total. The van der Waals surface area contributed by atoms with E-state index in [0.29, 0.717) is 23.9 Å². The van der Waals surface area contributed by atoms with Gasteiger partial charge in [0.2, 0.25) is 27.0 Å². The molecule has 134 valence electrons. The summed E-state index contributed by atoms with van der Waals surface area (Å²) in [6, 6.07) is 6.27. The molecule has 1 amide bonds. The molecule has 0 radical (unpaired) electrons. The van der Waals surface area contributed by atoms with Crippen molar-refractivity contribution in [1.82, 2.24) is 19.5 Å². The quantitative estimate of drug-likeness (QED) is 0.632. The Labute approximate surface area is 149 Å². The standard InChI is InChI=1S/C14H18N6O3S2/c15-13-17-14(19-18-13)24-9-12(21)16-10-4-3-5-11(8-10)25(22,23)20-6-1-2-7-20/h3-5,8H,1-2,6-7,9H2,(H,16,21)(H3,15,17,18,19). The number of anilines is 2. The minimum Gasteiger partial charge on any atom is -0.368 e. The molecular weight excluding hydrogens is 364 g/mol. The minimum absolute atomic E-state index is 0.0837. The first-order valence-electron chi connectivity index (χ1n) is 7.66. The molecular formula is C14H18N6O3S2. The molecule has 4 N–H and O–H groups in total. The second-order valence-corrected chi connectivity index (χ2v) is 8.36. The highest BCUT2D eigenvalue weighted by Crippen LogP contribution is 2.23. The molecule has 0 bridgehead atoms. The van der Waals surface area contributed by atoms with Crippen LogP contribution in [0.15, 0.2) is 34.3 Å². The number of nitrogens with one attached hydrogen (secondary N) is 2. The van der Waals surface area contributed by atoms with Crippen molar-refractivity contribution in [3.63, 3.8) is 0 Å². The van der Waals surface area contributed by atoms with Crippen molar-refractivity contribution in [2.24, 2.45) is 0 Å². The normalized spacial score (nSPS) is 15.4. The lowest BCUT2D eigenvalue weighted by Crippen LogP contribution is -2.28. The molecule has 0 saturated carbocycles. The molecule has 2 aromatic rings. The lowest BCUT2D eigenvalue weighted by molar-refractivity contribution is -0.113. The number of nitrogens with two attached hydrogens (primary N) is 1. The van der Waals surface area contributed by atoms with Gasteiger partial charge in [-0.1, -0.05) is 17.8 Å². The summed E-state index contributed by atoms with van der Waals surface area (Å²) in [5, 5.41) is 9.36. The summed E-state index contributed by atoms with van der Waals surface area (Å²) in [6.07, 6.45) is 1.75. The molecule has 0 spiro atoms. The molecule has 0 aliphatic carbocycles. The zero-order valence-corrected chi connectivity index (χ0v) is 14.9. The third kappa shape index (κ3) is 4.30. The van der Waals surface area contributed by atoms with Crippen molar-refractivity contribution in [3.05, 3.63) is 24.3 Å². The van der Waals surface area contributed by atoms with E-state index in [0.717, 1.165) is 24.6 Å². The Morgan fingerprint density at radius 1 is 1.36 bits per heavy atom. The fraction of sp³-hybridized carbons (Fsp3) is 0.357. The average Bonchev–Trinajstić information content (AvgIpc) is 3.25. The van der Waals surface area contributed by atoms with Crippen LogP contribution < -0.4 is 11.1 Å². The molecule has 0 unspecified atom stereocenters. The summed E-state index contributed by atoms with van der Waals surface area (Å²) in [4.78, 5) is 16.1. The van der Waals surface area contributed by atoms with Gasteiger partial charge in [0, 0.05) is 18.8 Å². The van der Waals surface area contributed by atoms with Gasteiger partial charge >= 0.3 is 0 Å². The summed E-state index contributed by atoms with van der Waals surface area (Å²) in [7, 11) is -3.51. The molecule has 2 heterocycles. The Morgan fingerprint density at radius 3 is 2.80 bits per heavy atom. The Hall–Kier alpha value is -2.11. The number of benzene rings is 1. The van der Waals surface area contributed by atoms with E-state index in [2.05, 4.69) is 20.5 Å². The maximum atomic E-state index is 12.6. The van der Waals surface area contributed by atoms with Crippen molar-refractivity contribution in [3.8, 4) is 0 Å². The largest absolute Gasteiger partial charge is 0.368 e. The topological polar surface area (TPSA) is 134 Å². The Balaban J connectivity index is 1.64. The molecule has 25 heavy (non-hydrogen) atoms. The van der Waals surface area contributed by atoms with Crippen LogP contribution in [-0.4, -0.2) is 52.7 Å². The maximum Gasteiger partial charge on any atom is 0.243 e. The lowest BCUT2D eigenvalue weighted by atomic mass is 10.3. The van der Waals surface area contributed by atoms with Gasteiger partial charge in [-0.05, 0) is 31.0 Å². The maximum absolute atomic E-state index is 12.6. The monoisotopic (exact) mass is 382 g/mol. The number of carbonyl (C=O) groups is 1. The number of carbonyl (C=O) groups excluding carboxylic acids is 1. The van der Waals surface area contributed by atoms with Crippen LogP contribution in [0.1, 0.15) is 12.8 Å². The van der Waals surface area contributed by atoms with Gasteiger partial charge < -0.3 is 11.1 Å². The number of nitrogen functional groups attached to an aromatic ring is 1. The van der Waals surface area contributed by atoms with Crippen LogP contribution >= 0.6 is 11.8 Å². The van der Waals surface area contributed by atoms with Gasteiger partial charge in [-0.15, -0.1) is 5.10 Å². The van der Waals surface area contributed by atoms with Gasteiger partial charge in [-0.3, -0.25) is 4.79 Å². The number of hydrogen-bond donors (Lipinski definition) is 3. The van der Waals surface area contributed by atoms with Gasteiger partial charge in [0.05, 0.1) is 10.6 Å². The van der Waals surface area contributed by atoms with Gasteiger partial charge in [0.25, 0.3) is 0 Å². The van der Waals surface area contributed by atoms with Crippen LogP contribution in [0.2, 0.25) is 0 Å². The number of rotatable bonds is 6. The molecule has 1 aromatic heterocycles.